The summed E-state index contributed by atoms with van der Waals surface area (Å²) < 4.78 is 12.7. The van der Waals surface area contributed by atoms with Crippen LogP contribution in [0.15, 0.2) is 41.2 Å². The Morgan fingerprint density at radius 2 is 1.84 bits per heavy atom. The molecule has 1 saturated carbocycles. The van der Waals surface area contributed by atoms with Gasteiger partial charge >= 0.3 is 0 Å². The highest BCUT2D eigenvalue weighted by Gasteiger charge is 2.23. The molecule has 2 amide bonds. The van der Waals surface area contributed by atoms with Crippen LogP contribution in [0.25, 0.3) is 16.6 Å². The largest absolute Gasteiger partial charge is 0.493 e. The number of hydrogen-bond acceptors (Lipinski definition) is 7. The topological polar surface area (TPSA) is 114 Å². The molecule has 0 bridgehead atoms. The SMILES string of the molecule is COc1ccc(CCNC(=O)c2ccc3c(=O)[nH]c4c(C(=O)NC5CCCC5)sc(=S)n4c3c2)cc1OC. The molecule has 0 unspecified atom stereocenters. The number of benzene rings is 2. The predicted molar refractivity (Wildman–Crippen MR) is 150 cm³/mol. The zero-order valence-electron chi connectivity index (χ0n) is 21.1. The second kappa shape index (κ2) is 11.0. The van der Waals surface area contributed by atoms with Gasteiger partial charge in [0.05, 0.1) is 25.1 Å². The van der Waals surface area contributed by atoms with Gasteiger partial charge in [-0.15, -0.1) is 0 Å². The van der Waals surface area contributed by atoms with Crippen molar-refractivity contribution in [3.63, 3.8) is 0 Å². The van der Waals surface area contributed by atoms with Gasteiger partial charge < -0.3 is 25.1 Å². The molecule has 5 rings (SSSR count). The number of aromatic amines is 1. The number of hydrogen-bond donors (Lipinski definition) is 3. The van der Waals surface area contributed by atoms with Crippen molar-refractivity contribution in [3.8, 4) is 11.5 Å². The maximum Gasteiger partial charge on any atom is 0.265 e. The smallest absolute Gasteiger partial charge is 0.265 e. The first-order valence-corrected chi connectivity index (χ1v) is 13.6. The van der Waals surface area contributed by atoms with Crippen LogP contribution in [0, 0.1) is 3.95 Å². The molecule has 2 aromatic carbocycles. The molecular formula is C27H28N4O5S2. The van der Waals surface area contributed by atoms with Crippen molar-refractivity contribution < 1.29 is 19.1 Å². The van der Waals surface area contributed by atoms with Gasteiger partial charge in [0.1, 0.15) is 10.5 Å². The average molecular weight is 553 g/mol. The van der Waals surface area contributed by atoms with E-state index in [1.807, 2.05) is 18.2 Å². The standard InChI is InChI=1S/C27H28N4O5S2/c1-35-20-10-7-15(13-21(20)36-2)11-12-28-24(32)16-8-9-18-19(14-16)31-23(30-25(18)33)22(38-27(31)37)26(34)29-17-5-3-4-6-17/h7-10,13-14,17H,3-6,11-12H2,1-2H3,(H,28,32)(H,29,34)(H,30,33). The molecule has 38 heavy (non-hydrogen) atoms. The maximum absolute atomic E-state index is 13.0. The van der Waals surface area contributed by atoms with Gasteiger partial charge in [-0.1, -0.05) is 30.2 Å². The van der Waals surface area contributed by atoms with Gasteiger partial charge in [-0.3, -0.25) is 18.8 Å². The van der Waals surface area contributed by atoms with E-state index in [9.17, 15) is 14.4 Å². The summed E-state index contributed by atoms with van der Waals surface area (Å²) >= 11 is 6.73. The number of amides is 2. The van der Waals surface area contributed by atoms with Crippen molar-refractivity contribution >= 4 is 51.9 Å². The van der Waals surface area contributed by atoms with E-state index in [1.54, 1.807) is 36.8 Å². The molecule has 2 heterocycles. The Balaban J connectivity index is 1.39. The number of rotatable bonds is 8. The van der Waals surface area contributed by atoms with Crippen LogP contribution in [0.2, 0.25) is 0 Å². The number of carbonyl (C=O) groups excluding carboxylic acids is 2. The van der Waals surface area contributed by atoms with Crippen LogP contribution in [0.5, 0.6) is 11.5 Å². The van der Waals surface area contributed by atoms with Gasteiger partial charge in [-0.25, -0.2) is 0 Å². The molecule has 0 spiro atoms. The summed E-state index contributed by atoms with van der Waals surface area (Å²) in [5.74, 6) is 0.754. The minimum Gasteiger partial charge on any atom is -0.493 e. The summed E-state index contributed by atoms with van der Waals surface area (Å²) in [6, 6.07) is 10.6. The minimum atomic E-state index is -0.344. The van der Waals surface area contributed by atoms with E-state index >= 15 is 0 Å². The molecule has 4 aromatic rings. The predicted octanol–water partition coefficient (Wildman–Crippen LogP) is 4.23. The number of H-pyrrole nitrogens is 1. The number of thiazole rings is 1. The highest BCUT2D eigenvalue weighted by Crippen LogP contribution is 2.28. The van der Waals surface area contributed by atoms with Crippen molar-refractivity contribution in [1.82, 2.24) is 20.0 Å². The average Bonchev–Trinajstić information content (AvgIpc) is 3.55. The first-order valence-electron chi connectivity index (χ1n) is 12.4. The number of aromatic nitrogens is 2. The lowest BCUT2D eigenvalue weighted by Gasteiger charge is -2.11. The van der Waals surface area contributed by atoms with Gasteiger partial charge in [0.25, 0.3) is 17.4 Å². The van der Waals surface area contributed by atoms with Gasteiger partial charge in [0, 0.05) is 18.2 Å². The van der Waals surface area contributed by atoms with E-state index in [0.29, 0.717) is 55.4 Å². The highest BCUT2D eigenvalue weighted by molar-refractivity contribution is 7.73. The van der Waals surface area contributed by atoms with E-state index in [0.717, 1.165) is 42.6 Å². The van der Waals surface area contributed by atoms with Crippen molar-refractivity contribution in [3.05, 3.63) is 66.7 Å². The minimum absolute atomic E-state index is 0.139. The van der Waals surface area contributed by atoms with E-state index in [2.05, 4.69) is 15.6 Å². The van der Waals surface area contributed by atoms with E-state index in [1.165, 1.54) is 0 Å². The summed E-state index contributed by atoms with van der Waals surface area (Å²) in [5, 5.41) is 6.37. The van der Waals surface area contributed by atoms with Gasteiger partial charge in [-0.05, 0) is 67.4 Å². The molecule has 1 fully saturated rings. The van der Waals surface area contributed by atoms with Crippen LogP contribution in [-0.4, -0.2) is 48.0 Å². The molecule has 9 nitrogen and oxygen atoms in total. The number of ether oxygens (including phenoxy) is 2. The summed E-state index contributed by atoms with van der Waals surface area (Å²) in [7, 11) is 3.16. The quantitative estimate of drug-likeness (QED) is 0.282. The number of nitrogens with zero attached hydrogens (tertiary/aromatic N) is 1. The second-order valence-corrected chi connectivity index (χ2v) is 10.9. The lowest BCUT2D eigenvalue weighted by atomic mass is 10.1. The summed E-state index contributed by atoms with van der Waals surface area (Å²) in [5.41, 5.74) is 1.86. The molecule has 1 aliphatic rings. The van der Waals surface area contributed by atoms with Gasteiger partial charge in [0.2, 0.25) is 0 Å². The number of nitrogens with one attached hydrogen (secondary N) is 3. The normalized spacial score (nSPS) is 13.6. The Labute approximate surface area is 227 Å². The zero-order valence-corrected chi connectivity index (χ0v) is 22.7. The third-order valence-corrected chi connectivity index (χ3v) is 8.20. The molecular weight excluding hydrogens is 524 g/mol. The molecule has 0 radical (unpaired) electrons. The lowest BCUT2D eigenvalue weighted by molar-refractivity contribution is 0.0938. The second-order valence-electron chi connectivity index (χ2n) is 9.22. The van der Waals surface area contributed by atoms with E-state index in [4.69, 9.17) is 21.7 Å². The van der Waals surface area contributed by atoms with Crippen molar-refractivity contribution in [2.45, 2.75) is 38.1 Å². The van der Waals surface area contributed by atoms with Gasteiger partial charge in [-0.2, -0.15) is 0 Å². The molecule has 3 N–H and O–H groups in total. The Hall–Kier alpha value is -3.70. The first-order chi connectivity index (χ1) is 18.4. The number of methoxy groups -OCH3 is 2. The van der Waals surface area contributed by atoms with Crippen LogP contribution in [-0.2, 0) is 6.42 Å². The Morgan fingerprint density at radius 3 is 2.58 bits per heavy atom. The Bertz CT molecular complexity index is 1650. The van der Waals surface area contributed by atoms with Crippen LogP contribution in [0.3, 0.4) is 0 Å². The van der Waals surface area contributed by atoms with Crippen molar-refractivity contribution in [2.75, 3.05) is 20.8 Å². The summed E-state index contributed by atoms with van der Waals surface area (Å²) in [6.07, 6.45) is 4.69. The molecule has 0 saturated heterocycles. The van der Waals surface area contributed by atoms with Gasteiger partial charge in [0.15, 0.2) is 15.5 Å². The van der Waals surface area contributed by atoms with Crippen LogP contribution in [0.1, 0.15) is 51.3 Å². The third kappa shape index (κ3) is 5.03. The third-order valence-electron chi connectivity index (χ3n) is 6.83. The fourth-order valence-corrected chi connectivity index (χ4v) is 6.15. The molecule has 11 heteroatoms. The Kier molecular flexibility index (Phi) is 7.48. The Morgan fingerprint density at radius 1 is 1.08 bits per heavy atom. The maximum atomic E-state index is 13.0. The monoisotopic (exact) mass is 552 g/mol. The van der Waals surface area contributed by atoms with E-state index < -0.39 is 0 Å². The summed E-state index contributed by atoms with van der Waals surface area (Å²) in [4.78, 5) is 42.0. The first kappa shape index (κ1) is 25.9. The number of fused-ring (bicyclic) bond motifs is 3. The van der Waals surface area contributed by atoms with Crippen molar-refractivity contribution in [2.24, 2.45) is 0 Å². The number of carbonyl (C=O) groups is 2. The van der Waals surface area contributed by atoms with Crippen LogP contribution in [0.4, 0.5) is 0 Å². The fraction of sp³-hybridized carbons (Fsp3) is 0.333. The molecule has 0 atom stereocenters. The zero-order chi connectivity index (χ0) is 26.8. The lowest BCUT2D eigenvalue weighted by Crippen LogP contribution is -2.32. The van der Waals surface area contributed by atoms with E-state index in [-0.39, 0.29) is 23.4 Å². The van der Waals surface area contributed by atoms with Crippen LogP contribution >= 0.6 is 23.6 Å². The highest BCUT2D eigenvalue weighted by atomic mass is 32.1. The van der Waals surface area contributed by atoms with Crippen molar-refractivity contribution in [1.29, 1.82) is 0 Å². The molecule has 2 aromatic heterocycles. The molecule has 198 valence electrons. The molecule has 1 aliphatic carbocycles. The summed E-state index contributed by atoms with van der Waals surface area (Å²) in [6.45, 7) is 0.403. The molecule has 0 aliphatic heterocycles. The van der Waals surface area contributed by atoms with Crippen LogP contribution < -0.4 is 25.7 Å². The fourth-order valence-electron chi connectivity index (χ4n) is 4.86.